The van der Waals surface area contributed by atoms with E-state index < -0.39 is 0 Å². The molecule has 2 aromatic rings. The van der Waals surface area contributed by atoms with Crippen molar-refractivity contribution in [2.24, 2.45) is 0 Å². The topological polar surface area (TPSA) is 58.3 Å². The van der Waals surface area contributed by atoms with Crippen LogP contribution in [0.15, 0.2) is 17.8 Å². The van der Waals surface area contributed by atoms with Crippen molar-refractivity contribution in [1.82, 2.24) is 9.97 Å². The molecule has 90 valence electrons. The first-order chi connectivity index (χ1) is 8.33. The highest BCUT2D eigenvalue weighted by atomic mass is 32.1. The lowest BCUT2D eigenvalue weighted by atomic mass is 10.3. The highest BCUT2D eigenvalue weighted by Crippen LogP contribution is 2.26. The summed E-state index contributed by atoms with van der Waals surface area (Å²) in [5, 5.41) is 4.94. The third kappa shape index (κ3) is 2.20. The summed E-state index contributed by atoms with van der Waals surface area (Å²) in [5.41, 5.74) is 5.70. The molecule has 3 rings (SSSR count). The zero-order chi connectivity index (χ0) is 11.7. The van der Waals surface area contributed by atoms with Crippen LogP contribution in [-0.4, -0.2) is 36.1 Å². The van der Waals surface area contributed by atoms with Crippen LogP contribution < -0.4 is 15.5 Å². The van der Waals surface area contributed by atoms with Crippen molar-refractivity contribution in [3.8, 4) is 0 Å². The van der Waals surface area contributed by atoms with Crippen molar-refractivity contribution in [3.05, 3.63) is 17.8 Å². The van der Waals surface area contributed by atoms with E-state index in [1.165, 1.54) is 0 Å². The highest BCUT2D eigenvalue weighted by molar-refractivity contribution is 7.19. The number of hydrogen-bond acceptors (Lipinski definition) is 7. The van der Waals surface area contributed by atoms with Crippen molar-refractivity contribution in [3.63, 3.8) is 0 Å². The van der Waals surface area contributed by atoms with Gasteiger partial charge in [0.05, 0.1) is 6.20 Å². The number of anilines is 3. The quantitative estimate of drug-likeness (QED) is 0.894. The van der Waals surface area contributed by atoms with Crippen molar-refractivity contribution in [2.75, 3.05) is 41.7 Å². The second-order valence-corrected chi connectivity index (χ2v) is 5.75. The number of nitrogens with zero attached hydrogens (tertiary/aromatic N) is 4. The summed E-state index contributed by atoms with van der Waals surface area (Å²) in [6.07, 6.45) is 3.58. The second kappa shape index (κ2) is 4.50. The molecule has 1 fully saturated rings. The average Bonchev–Trinajstić information content (AvgIpc) is 3.00. The Kier molecular flexibility index (Phi) is 2.86. The van der Waals surface area contributed by atoms with Crippen LogP contribution in [0.5, 0.6) is 0 Å². The second-order valence-electron chi connectivity index (χ2n) is 3.83. The molecule has 1 saturated heterocycles. The molecule has 3 heterocycles. The fourth-order valence-electron chi connectivity index (χ4n) is 1.88. The minimum Gasteiger partial charge on any atom is -0.389 e. The Balaban J connectivity index is 1.64. The summed E-state index contributed by atoms with van der Waals surface area (Å²) in [7, 11) is 0. The van der Waals surface area contributed by atoms with Gasteiger partial charge in [0, 0.05) is 37.8 Å². The maximum Gasteiger partial charge on any atom is 0.187 e. The molecule has 0 radical (unpaired) electrons. The van der Waals surface area contributed by atoms with E-state index in [9.17, 15) is 0 Å². The number of hydrogen-bond donors (Lipinski definition) is 1. The molecule has 0 amide bonds. The minimum atomic E-state index is 0.780. The SMILES string of the molecule is Nc1cnc(N2CCN(c3nccs3)CC2)s1. The number of rotatable bonds is 2. The van der Waals surface area contributed by atoms with E-state index in [1.807, 2.05) is 11.6 Å². The van der Waals surface area contributed by atoms with Crippen LogP contribution >= 0.6 is 22.7 Å². The summed E-state index contributed by atoms with van der Waals surface area (Å²) in [6, 6.07) is 0. The molecule has 1 aliphatic heterocycles. The van der Waals surface area contributed by atoms with Gasteiger partial charge in [0.25, 0.3) is 0 Å². The highest BCUT2D eigenvalue weighted by Gasteiger charge is 2.20. The monoisotopic (exact) mass is 267 g/mol. The Morgan fingerprint density at radius 2 is 1.76 bits per heavy atom. The summed E-state index contributed by atoms with van der Waals surface area (Å²) in [4.78, 5) is 13.3. The van der Waals surface area contributed by atoms with Crippen molar-refractivity contribution in [2.45, 2.75) is 0 Å². The lowest BCUT2D eigenvalue weighted by molar-refractivity contribution is 0.650. The molecule has 5 nitrogen and oxygen atoms in total. The molecular weight excluding hydrogens is 254 g/mol. The Morgan fingerprint density at radius 3 is 2.29 bits per heavy atom. The largest absolute Gasteiger partial charge is 0.389 e. The van der Waals surface area contributed by atoms with Gasteiger partial charge in [-0.1, -0.05) is 11.3 Å². The standard InChI is InChI=1S/C10H13N5S2/c11-8-7-13-10(17-8)15-4-2-14(3-5-15)9-12-1-6-16-9/h1,6-7H,2-5,11H2. The molecule has 2 aromatic heterocycles. The Morgan fingerprint density at radius 1 is 1.06 bits per heavy atom. The lowest BCUT2D eigenvalue weighted by Crippen LogP contribution is -2.46. The number of aromatic nitrogens is 2. The third-order valence-electron chi connectivity index (χ3n) is 2.75. The van der Waals surface area contributed by atoms with Crippen LogP contribution in [0.1, 0.15) is 0 Å². The summed E-state index contributed by atoms with van der Waals surface area (Å²) in [6.45, 7) is 3.94. The lowest BCUT2D eigenvalue weighted by Gasteiger charge is -2.34. The van der Waals surface area contributed by atoms with Gasteiger partial charge in [-0.25, -0.2) is 9.97 Å². The molecule has 0 saturated carbocycles. The normalized spacial score (nSPS) is 16.5. The molecule has 1 aliphatic rings. The van der Waals surface area contributed by atoms with E-state index in [0.29, 0.717) is 0 Å². The first kappa shape index (κ1) is 10.8. The smallest absolute Gasteiger partial charge is 0.187 e. The molecule has 17 heavy (non-hydrogen) atoms. The summed E-state index contributed by atoms with van der Waals surface area (Å²) < 4.78 is 0. The molecule has 0 aliphatic carbocycles. The molecule has 0 aromatic carbocycles. The van der Waals surface area contributed by atoms with Gasteiger partial charge in [-0.05, 0) is 0 Å². The number of nitrogens with two attached hydrogens (primary N) is 1. The number of thiazole rings is 2. The average molecular weight is 267 g/mol. The van der Waals surface area contributed by atoms with Crippen LogP contribution in [0.4, 0.5) is 15.3 Å². The van der Waals surface area contributed by atoms with Gasteiger partial charge in [-0.2, -0.15) is 0 Å². The fraction of sp³-hybridized carbons (Fsp3) is 0.400. The van der Waals surface area contributed by atoms with E-state index in [2.05, 4.69) is 19.8 Å². The Hall–Kier alpha value is -1.34. The van der Waals surface area contributed by atoms with Gasteiger partial charge in [-0.3, -0.25) is 0 Å². The van der Waals surface area contributed by atoms with Crippen molar-refractivity contribution < 1.29 is 0 Å². The van der Waals surface area contributed by atoms with Gasteiger partial charge in [0.15, 0.2) is 10.3 Å². The molecule has 0 atom stereocenters. The zero-order valence-corrected chi connectivity index (χ0v) is 10.9. The third-order valence-corrected chi connectivity index (χ3v) is 4.47. The van der Waals surface area contributed by atoms with Gasteiger partial charge in [0.1, 0.15) is 5.00 Å². The minimum absolute atomic E-state index is 0.780. The number of piperazine rings is 1. The maximum absolute atomic E-state index is 5.70. The fourth-order valence-corrected chi connectivity index (χ4v) is 3.31. The molecule has 0 bridgehead atoms. The molecule has 2 N–H and O–H groups in total. The molecular formula is C10H13N5S2. The van der Waals surface area contributed by atoms with Crippen LogP contribution in [0, 0.1) is 0 Å². The maximum atomic E-state index is 5.70. The van der Waals surface area contributed by atoms with E-state index in [0.717, 1.165) is 41.4 Å². The number of nitrogen functional groups attached to an aromatic ring is 1. The van der Waals surface area contributed by atoms with Gasteiger partial charge < -0.3 is 15.5 Å². The molecule has 0 unspecified atom stereocenters. The van der Waals surface area contributed by atoms with E-state index >= 15 is 0 Å². The van der Waals surface area contributed by atoms with Crippen molar-refractivity contribution in [1.29, 1.82) is 0 Å². The first-order valence-electron chi connectivity index (χ1n) is 5.43. The van der Waals surface area contributed by atoms with E-state index in [1.54, 1.807) is 28.9 Å². The Labute approximate surface area is 108 Å². The predicted octanol–water partition coefficient (Wildman–Crippen LogP) is 1.51. The van der Waals surface area contributed by atoms with Gasteiger partial charge >= 0.3 is 0 Å². The zero-order valence-electron chi connectivity index (χ0n) is 9.24. The molecule has 0 spiro atoms. The molecule has 7 heteroatoms. The predicted molar refractivity (Wildman–Crippen MR) is 73.1 cm³/mol. The van der Waals surface area contributed by atoms with Crippen LogP contribution in [0.25, 0.3) is 0 Å². The van der Waals surface area contributed by atoms with E-state index in [4.69, 9.17) is 5.73 Å². The summed E-state index contributed by atoms with van der Waals surface area (Å²) >= 11 is 3.25. The van der Waals surface area contributed by atoms with E-state index in [-0.39, 0.29) is 0 Å². The van der Waals surface area contributed by atoms with Crippen LogP contribution in [-0.2, 0) is 0 Å². The van der Waals surface area contributed by atoms with Gasteiger partial charge in [0.2, 0.25) is 0 Å². The first-order valence-corrected chi connectivity index (χ1v) is 7.13. The Bertz CT molecular complexity index is 473. The van der Waals surface area contributed by atoms with Crippen LogP contribution in [0.2, 0.25) is 0 Å². The van der Waals surface area contributed by atoms with Crippen LogP contribution in [0.3, 0.4) is 0 Å². The summed E-state index contributed by atoms with van der Waals surface area (Å²) in [5.74, 6) is 0. The van der Waals surface area contributed by atoms with Crippen molar-refractivity contribution >= 4 is 37.9 Å². The van der Waals surface area contributed by atoms with Gasteiger partial charge in [-0.15, -0.1) is 11.3 Å².